The van der Waals surface area contributed by atoms with E-state index in [9.17, 15) is 4.79 Å². The molecule has 0 bridgehead atoms. The number of aromatic carboxylic acids is 1. The first kappa shape index (κ1) is 14.6. The number of carboxylic acid groups (broad SMARTS) is 1. The van der Waals surface area contributed by atoms with Crippen molar-refractivity contribution in [3.8, 4) is 0 Å². The molecule has 0 aliphatic carbocycles. The fourth-order valence-electron chi connectivity index (χ4n) is 1.62. The third kappa shape index (κ3) is 4.83. The highest BCUT2D eigenvalue weighted by molar-refractivity contribution is 5.89. The quantitative estimate of drug-likeness (QED) is 0.726. The van der Waals surface area contributed by atoms with Crippen LogP contribution in [0, 0.1) is 0 Å². The van der Waals surface area contributed by atoms with Crippen molar-refractivity contribution in [3.05, 3.63) is 35.4 Å². The third-order valence-corrected chi connectivity index (χ3v) is 2.58. The maximum atomic E-state index is 10.6. The summed E-state index contributed by atoms with van der Waals surface area (Å²) >= 11 is 0. The predicted octanol–water partition coefficient (Wildman–Crippen LogP) is 0.838. The molecule has 2 rings (SSSR count). The van der Waals surface area contributed by atoms with Gasteiger partial charge in [0.15, 0.2) is 0 Å². The summed E-state index contributed by atoms with van der Waals surface area (Å²) in [5, 5.41) is 11.7. The van der Waals surface area contributed by atoms with Crippen molar-refractivity contribution in [2.24, 2.45) is 5.73 Å². The lowest BCUT2D eigenvalue weighted by atomic mass is 10.1. The van der Waals surface area contributed by atoms with E-state index in [0.29, 0.717) is 12.2 Å². The van der Waals surface area contributed by atoms with Gasteiger partial charge in [0.25, 0.3) is 0 Å². The molecule has 1 saturated heterocycles. The van der Waals surface area contributed by atoms with Crippen LogP contribution in [0.1, 0.15) is 22.8 Å². The highest BCUT2D eigenvalue weighted by atomic mass is 16.5. The van der Waals surface area contributed by atoms with Crippen LogP contribution >= 0.6 is 0 Å². The van der Waals surface area contributed by atoms with E-state index < -0.39 is 5.97 Å². The van der Waals surface area contributed by atoms with Gasteiger partial charge in [-0.1, -0.05) is 25.1 Å². The minimum Gasteiger partial charge on any atom is -0.478 e. The van der Waals surface area contributed by atoms with Gasteiger partial charge in [-0.05, 0) is 18.1 Å². The Morgan fingerprint density at radius 2 is 2.28 bits per heavy atom. The Bertz CT molecular complexity index is 376. The number of hydrogen-bond donors (Lipinski definition) is 3. The van der Waals surface area contributed by atoms with Gasteiger partial charge in [0.2, 0.25) is 0 Å². The second-order valence-corrected chi connectivity index (χ2v) is 3.95. The Morgan fingerprint density at radius 3 is 2.67 bits per heavy atom. The summed E-state index contributed by atoms with van der Waals surface area (Å²) in [6, 6.07) is 7.05. The Hall–Kier alpha value is -1.43. The third-order valence-electron chi connectivity index (χ3n) is 2.58. The highest BCUT2D eigenvalue weighted by Gasteiger charge is 2.05. The standard InChI is InChI=1S/C9H10O2.C4H10N2O/c1-2-7-5-3-4-6-8(7)9(10)11;5-4-3-7-2-1-6-4/h3-6H,2H2,1H3,(H,10,11);4,6H,1-3,5H2. The number of nitrogens with two attached hydrogens (primary N) is 1. The smallest absolute Gasteiger partial charge is 0.335 e. The van der Waals surface area contributed by atoms with Gasteiger partial charge in [0.1, 0.15) is 0 Å². The molecule has 18 heavy (non-hydrogen) atoms. The molecule has 1 aliphatic rings. The lowest BCUT2D eigenvalue weighted by Crippen LogP contribution is -2.47. The molecule has 1 aromatic carbocycles. The summed E-state index contributed by atoms with van der Waals surface area (Å²) < 4.78 is 4.99. The molecule has 1 atom stereocenters. The minimum atomic E-state index is -0.845. The Kier molecular flexibility index (Phi) is 6.35. The van der Waals surface area contributed by atoms with E-state index in [1.807, 2.05) is 19.1 Å². The van der Waals surface area contributed by atoms with Crippen molar-refractivity contribution < 1.29 is 14.6 Å². The van der Waals surface area contributed by atoms with Crippen LogP contribution in [-0.2, 0) is 11.2 Å². The van der Waals surface area contributed by atoms with Crippen LogP contribution in [0.3, 0.4) is 0 Å². The van der Waals surface area contributed by atoms with Crippen LogP contribution in [0.25, 0.3) is 0 Å². The van der Waals surface area contributed by atoms with E-state index in [1.165, 1.54) is 0 Å². The van der Waals surface area contributed by atoms with E-state index in [2.05, 4.69) is 5.32 Å². The summed E-state index contributed by atoms with van der Waals surface area (Å²) in [5.74, 6) is -0.845. The van der Waals surface area contributed by atoms with Crippen molar-refractivity contribution in [1.82, 2.24) is 5.32 Å². The maximum Gasteiger partial charge on any atom is 0.335 e. The molecule has 5 nitrogen and oxygen atoms in total. The molecule has 0 amide bonds. The number of carbonyl (C=O) groups is 1. The molecular weight excluding hydrogens is 232 g/mol. The monoisotopic (exact) mass is 252 g/mol. The lowest BCUT2D eigenvalue weighted by molar-refractivity contribution is 0.0695. The van der Waals surface area contributed by atoms with Crippen molar-refractivity contribution in [1.29, 1.82) is 0 Å². The topological polar surface area (TPSA) is 84.6 Å². The van der Waals surface area contributed by atoms with Gasteiger partial charge < -0.3 is 15.6 Å². The van der Waals surface area contributed by atoms with Gasteiger partial charge >= 0.3 is 5.97 Å². The molecule has 1 fully saturated rings. The highest BCUT2D eigenvalue weighted by Crippen LogP contribution is 2.08. The van der Waals surface area contributed by atoms with Gasteiger partial charge in [-0.3, -0.25) is 5.32 Å². The summed E-state index contributed by atoms with van der Waals surface area (Å²) in [5.41, 5.74) is 6.70. The van der Waals surface area contributed by atoms with Gasteiger partial charge in [0, 0.05) is 6.54 Å². The molecular formula is C13H20N2O3. The van der Waals surface area contributed by atoms with Gasteiger partial charge in [-0.2, -0.15) is 0 Å². The summed E-state index contributed by atoms with van der Waals surface area (Å²) in [4.78, 5) is 10.6. The first-order chi connectivity index (χ1) is 8.65. The second kappa shape index (κ2) is 7.81. The molecule has 100 valence electrons. The van der Waals surface area contributed by atoms with E-state index in [4.69, 9.17) is 15.6 Å². The molecule has 1 aliphatic heterocycles. The lowest BCUT2D eigenvalue weighted by Gasteiger charge is -2.18. The number of nitrogens with one attached hydrogen (secondary N) is 1. The summed E-state index contributed by atoms with van der Waals surface area (Å²) in [7, 11) is 0. The summed E-state index contributed by atoms with van der Waals surface area (Å²) in [6.07, 6.45) is 0.830. The van der Waals surface area contributed by atoms with E-state index in [-0.39, 0.29) is 6.17 Å². The van der Waals surface area contributed by atoms with Crippen molar-refractivity contribution in [2.75, 3.05) is 19.8 Å². The maximum absolute atomic E-state index is 10.6. The Morgan fingerprint density at radius 1 is 1.56 bits per heavy atom. The molecule has 5 heteroatoms. The fraction of sp³-hybridized carbons (Fsp3) is 0.462. The van der Waals surface area contributed by atoms with Crippen LogP contribution < -0.4 is 11.1 Å². The molecule has 1 aromatic rings. The first-order valence-corrected chi connectivity index (χ1v) is 6.03. The first-order valence-electron chi connectivity index (χ1n) is 6.03. The van der Waals surface area contributed by atoms with Crippen LogP contribution in [-0.4, -0.2) is 37.0 Å². The van der Waals surface area contributed by atoms with E-state index in [1.54, 1.807) is 12.1 Å². The molecule has 4 N–H and O–H groups in total. The SMILES string of the molecule is CCc1ccccc1C(=O)O.NC1COCCN1. The molecule has 0 aromatic heterocycles. The zero-order chi connectivity index (χ0) is 13.4. The van der Waals surface area contributed by atoms with Crippen molar-refractivity contribution >= 4 is 5.97 Å². The number of ether oxygens (including phenoxy) is 1. The number of carboxylic acids is 1. The van der Waals surface area contributed by atoms with Crippen molar-refractivity contribution in [2.45, 2.75) is 19.5 Å². The minimum absolute atomic E-state index is 0.0637. The van der Waals surface area contributed by atoms with Crippen LogP contribution in [0.4, 0.5) is 0 Å². The van der Waals surface area contributed by atoms with Crippen LogP contribution in [0.5, 0.6) is 0 Å². The number of morpholine rings is 1. The number of rotatable bonds is 2. The average molecular weight is 252 g/mol. The largest absolute Gasteiger partial charge is 0.478 e. The predicted molar refractivity (Wildman–Crippen MR) is 69.6 cm³/mol. The van der Waals surface area contributed by atoms with Gasteiger partial charge in [-0.25, -0.2) is 4.79 Å². The fourth-order valence-corrected chi connectivity index (χ4v) is 1.62. The molecule has 0 radical (unpaired) electrons. The Labute approximate surface area is 107 Å². The second-order valence-electron chi connectivity index (χ2n) is 3.95. The van der Waals surface area contributed by atoms with E-state index >= 15 is 0 Å². The number of hydrogen-bond acceptors (Lipinski definition) is 4. The zero-order valence-electron chi connectivity index (χ0n) is 10.6. The average Bonchev–Trinajstić information content (AvgIpc) is 2.40. The van der Waals surface area contributed by atoms with Crippen molar-refractivity contribution in [3.63, 3.8) is 0 Å². The normalized spacial score (nSPS) is 18.7. The molecule has 0 saturated carbocycles. The zero-order valence-corrected chi connectivity index (χ0v) is 10.6. The van der Waals surface area contributed by atoms with Crippen LogP contribution in [0.2, 0.25) is 0 Å². The van der Waals surface area contributed by atoms with E-state index in [0.717, 1.165) is 25.1 Å². The van der Waals surface area contributed by atoms with Gasteiger partial charge in [-0.15, -0.1) is 0 Å². The van der Waals surface area contributed by atoms with Gasteiger partial charge in [0.05, 0.1) is 24.9 Å². The molecule has 1 unspecified atom stereocenters. The summed E-state index contributed by atoms with van der Waals surface area (Å²) in [6.45, 7) is 4.29. The number of aryl methyl sites for hydroxylation is 1. The number of benzene rings is 1. The molecule has 0 spiro atoms. The molecule has 1 heterocycles. The Balaban J connectivity index is 0.000000199. The van der Waals surface area contributed by atoms with Crippen LogP contribution in [0.15, 0.2) is 24.3 Å².